The number of aliphatic hydroxyl groups excluding tert-OH is 1. The highest BCUT2D eigenvalue weighted by Gasteiger charge is 2.26. The minimum atomic E-state index is -0.629. The van der Waals surface area contributed by atoms with Crippen LogP contribution in [0.25, 0.3) is 11.3 Å². The number of fused-ring (bicyclic) bond motifs is 1. The van der Waals surface area contributed by atoms with Gasteiger partial charge in [-0.3, -0.25) is 4.79 Å². The van der Waals surface area contributed by atoms with Crippen LogP contribution in [0.2, 0.25) is 5.02 Å². The molecule has 1 unspecified atom stereocenters. The van der Waals surface area contributed by atoms with Crippen LogP contribution in [0.15, 0.2) is 54.6 Å². The molecular formula is C27H30ClN5O4. The minimum absolute atomic E-state index is 0.430. The van der Waals surface area contributed by atoms with Crippen molar-refractivity contribution in [1.29, 1.82) is 0 Å². The summed E-state index contributed by atoms with van der Waals surface area (Å²) in [4.78, 5) is 18.7. The van der Waals surface area contributed by atoms with Crippen molar-refractivity contribution in [1.82, 2.24) is 10.3 Å². The van der Waals surface area contributed by atoms with Gasteiger partial charge in [0, 0.05) is 24.3 Å². The molecule has 1 aromatic heterocycles. The summed E-state index contributed by atoms with van der Waals surface area (Å²) in [5, 5.41) is 18.9. The Kier molecular flexibility index (Phi) is 7.10. The van der Waals surface area contributed by atoms with Crippen molar-refractivity contribution in [3.8, 4) is 17.0 Å². The molecule has 37 heavy (non-hydrogen) atoms. The van der Waals surface area contributed by atoms with Gasteiger partial charge >= 0.3 is 0 Å². The van der Waals surface area contributed by atoms with Gasteiger partial charge in [0.2, 0.25) is 12.3 Å². The molecule has 1 atom stereocenters. The molecule has 10 heteroatoms. The van der Waals surface area contributed by atoms with Crippen molar-refractivity contribution in [3.63, 3.8) is 0 Å². The molecule has 5 rings (SSSR count). The molecule has 0 aliphatic carbocycles. The molecule has 2 aromatic carbocycles. The number of nitrogens with one attached hydrogen (secondary N) is 3. The maximum Gasteiger partial charge on any atom is 0.249 e. The number of hydrogen-bond donors (Lipinski definition) is 4. The summed E-state index contributed by atoms with van der Waals surface area (Å²) < 4.78 is 11.5. The first-order chi connectivity index (χ1) is 17.8. The molecule has 9 nitrogen and oxygen atoms in total. The number of aliphatic hydroxyl groups is 1. The van der Waals surface area contributed by atoms with Gasteiger partial charge in [-0.05, 0) is 49.7 Å². The van der Waals surface area contributed by atoms with E-state index >= 15 is 0 Å². The van der Waals surface area contributed by atoms with Gasteiger partial charge in [0.05, 0.1) is 35.2 Å². The molecule has 0 saturated carbocycles. The van der Waals surface area contributed by atoms with Crippen LogP contribution in [0.4, 0.5) is 17.2 Å². The second-order valence-corrected chi connectivity index (χ2v) is 9.91. The van der Waals surface area contributed by atoms with Crippen molar-refractivity contribution in [2.45, 2.75) is 25.7 Å². The van der Waals surface area contributed by atoms with Crippen molar-refractivity contribution in [2.75, 3.05) is 48.4 Å². The number of morpholine rings is 1. The number of carbonyl (C=O) groups excluding carboxylic acids is 1. The quantitative estimate of drug-likeness (QED) is 0.370. The summed E-state index contributed by atoms with van der Waals surface area (Å²) >= 11 is 6.60. The van der Waals surface area contributed by atoms with E-state index in [4.69, 9.17) is 31.2 Å². The maximum absolute atomic E-state index is 11.6. The van der Waals surface area contributed by atoms with E-state index in [0.29, 0.717) is 22.3 Å². The number of benzene rings is 2. The van der Waals surface area contributed by atoms with Crippen molar-refractivity contribution >= 4 is 34.7 Å². The lowest BCUT2D eigenvalue weighted by Gasteiger charge is -2.28. The number of anilines is 3. The lowest BCUT2D eigenvalue weighted by molar-refractivity contribution is -0.125. The van der Waals surface area contributed by atoms with Gasteiger partial charge in [-0.2, -0.15) is 0 Å². The number of halogens is 1. The van der Waals surface area contributed by atoms with E-state index in [0.717, 1.165) is 48.8 Å². The summed E-state index contributed by atoms with van der Waals surface area (Å²) in [6, 6.07) is 17.5. The van der Waals surface area contributed by atoms with Crippen LogP contribution in [0.5, 0.6) is 5.75 Å². The molecule has 2 aliphatic rings. The molecule has 0 bridgehead atoms. The number of hydrogen-bond acceptors (Lipinski definition) is 8. The third-order valence-corrected chi connectivity index (χ3v) is 6.76. The van der Waals surface area contributed by atoms with Crippen LogP contribution in [-0.2, 0) is 15.1 Å². The normalized spacial score (nSPS) is 17.0. The van der Waals surface area contributed by atoms with Crippen LogP contribution in [0, 0.1) is 0 Å². The smallest absolute Gasteiger partial charge is 0.249 e. The van der Waals surface area contributed by atoms with Crippen LogP contribution in [0.3, 0.4) is 0 Å². The number of aromatic nitrogens is 1. The SMILES string of the molecule is CC(C)(NC(=O)CO)c1ccc(OC2Nc3cc(Cl)c(-c4ccc(N5CCOCC5)cc4)nc3N2)cc1. The van der Waals surface area contributed by atoms with E-state index in [1.165, 1.54) is 0 Å². The van der Waals surface area contributed by atoms with Gasteiger partial charge in [0.1, 0.15) is 12.4 Å². The molecular weight excluding hydrogens is 494 g/mol. The molecule has 3 heterocycles. The Balaban J connectivity index is 1.25. The first-order valence-electron chi connectivity index (χ1n) is 12.2. The van der Waals surface area contributed by atoms with Crippen LogP contribution in [-0.4, -0.2) is 55.3 Å². The van der Waals surface area contributed by atoms with Crippen molar-refractivity contribution < 1.29 is 19.4 Å². The van der Waals surface area contributed by atoms with Gasteiger partial charge in [0.15, 0.2) is 5.82 Å². The fourth-order valence-corrected chi connectivity index (χ4v) is 4.73. The van der Waals surface area contributed by atoms with E-state index in [-0.39, 0.29) is 0 Å². The van der Waals surface area contributed by atoms with Crippen LogP contribution >= 0.6 is 11.6 Å². The van der Waals surface area contributed by atoms with Crippen molar-refractivity contribution in [2.24, 2.45) is 0 Å². The Morgan fingerprint density at radius 1 is 1.16 bits per heavy atom. The molecule has 0 spiro atoms. The minimum Gasteiger partial charge on any atom is -0.452 e. The Morgan fingerprint density at radius 3 is 2.54 bits per heavy atom. The third-order valence-electron chi connectivity index (χ3n) is 6.47. The first-order valence-corrected chi connectivity index (χ1v) is 12.6. The lowest BCUT2D eigenvalue weighted by atomic mass is 9.94. The average Bonchev–Trinajstić information content (AvgIpc) is 3.29. The molecule has 1 saturated heterocycles. The average molecular weight is 524 g/mol. The predicted molar refractivity (Wildman–Crippen MR) is 144 cm³/mol. The highest BCUT2D eigenvalue weighted by molar-refractivity contribution is 6.33. The molecule has 0 radical (unpaired) electrons. The fraction of sp³-hybridized carbons (Fsp3) is 0.333. The highest BCUT2D eigenvalue weighted by Crippen LogP contribution is 2.37. The third kappa shape index (κ3) is 5.58. The van der Waals surface area contributed by atoms with E-state index in [1.807, 2.05) is 56.3 Å². The largest absolute Gasteiger partial charge is 0.452 e. The van der Waals surface area contributed by atoms with Crippen LogP contribution < -0.4 is 25.6 Å². The summed E-state index contributed by atoms with van der Waals surface area (Å²) in [5.74, 6) is 0.864. The Labute approximate surface area is 220 Å². The molecule has 1 amide bonds. The number of nitrogens with zero attached hydrogens (tertiary/aromatic N) is 2. The Bertz CT molecular complexity index is 1260. The summed E-state index contributed by atoms with van der Waals surface area (Å²) in [6.07, 6.45) is -0.523. The van der Waals surface area contributed by atoms with Gasteiger partial charge in [0.25, 0.3) is 0 Å². The molecule has 2 aliphatic heterocycles. The van der Waals surface area contributed by atoms with E-state index in [2.05, 4.69) is 33.0 Å². The second kappa shape index (κ2) is 10.5. The van der Waals surface area contributed by atoms with E-state index in [1.54, 1.807) is 0 Å². The fourth-order valence-electron chi connectivity index (χ4n) is 4.47. The lowest BCUT2D eigenvalue weighted by Crippen LogP contribution is -2.42. The number of rotatable bonds is 7. The van der Waals surface area contributed by atoms with E-state index < -0.39 is 24.4 Å². The second-order valence-electron chi connectivity index (χ2n) is 9.50. The molecule has 4 N–H and O–H groups in total. The summed E-state index contributed by atoms with van der Waals surface area (Å²) in [5.41, 5.74) is 3.80. The number of carbonyl (C=O) groups is 1. The zero-order valence-electron chi connectivity index (χ0n) is 20.8. The van der Waals surface area contributed by atoms with Crippen LogP contribution in [0.1, 0.15) is 19.4 Å². The van der Waals surface area contributed by atoms with E-state index in [9.17, 15) is 4.79 Å². The van der Waals surface area contributed by atoms with Gasteiger partial charge in [-0.25, -0.2) is 4.98 Å². The zero-order valence-corrected chi connectivity index (χ0v) is 21.5. The molecule has 194 valence electrons. The molecule has 3 aromatic rings. The van der Waals surface area contributed by atoms with Gasteiger partial charge in [-0.15, -0.1) is 0 Å². The summed E-state index contributed by atoms with van der Waals surface area (Å²) in [7, 11) is 0. The van der Waals surface area contributed by atoms with Crippen molar-refractivity contribution in [3.05, 3.63) is 65.2 Å². The number of ether oxygens (including phenoxy) is 2. The predicted octanol–water partition coefficient (Wildman–Crippen LogP) is 3.78. The van der Waals surface area contributed by atoms with Gasteiger partial charge < -0.3 is 35.4 Å². The van der Waals surface area contributed by atoms with Gasteiger partial charge in [-0.1, -0.05) is 35.9 Å². The maximum atomic E-state index is 11.6. The zero-order chi connectivity index (χ0) is 26.0. The topological polar surface area (TPSA) is 108 Å². The number of pyridine rings is 1. The molecule has 1 fully saturated rings. The first kappa shape index (κ1) is 25.1. The monoisotopic (exact) mass is 523 g/mol. The summed E-state index contributed by atoms with van der Waals surface area (Å²) in [6.45, 7) is 6.44. The number of amides is 1. The standard InChI is InChI=1S/C27H30ClN5O4/c1-27(2,32-23(35)16-34)18-5-9-20(10-6-18)37-26-29-22-15-21(28)24(30-25(22)31-26)17-3-7-19(8-4-17)33-11-13-36-14-12-33/h3-10,15,26,29,34H,11-14,16H2,1-2H3,(H,30,31)(H,32,35). The Hall–Kier alpha value is -3.53. The highest BCUT2D eigenvalue weighted by atomic mass is 35.5. The Morgan fingerprint density at radius 2 is 1.86 bits per heavy atom.